The predicted octanol–water partition coefficient (Wildman–Crippen LogP) is 0.974. The van der Waals surface area contributed by atoms with Crippen molar-refractivity contribution in [3.63, 3.8) is 0 Å². The van der Waals surface area contributed by atoms with Gasteiger partial charge in [-0.05, 0) is 25.8 Å². The summed E-state index contributed by atoms with van der Waals surface area (Å²) in [6.07, 6.45) is 5.80. The minimum absolute atomic E-state index is 0.714. The molecule has 1 aliphatic rings. The third-order valence-corrected chi connectivity index (χ3v) is 2.67. The molecule has 1 aromatic heterocycles. The third-order valence-electron chi connectivity index (χ3n) is 2.67. The Bertz CT molecular complexity index is 275. The predicted molar refractivity (Wildman–Crippen MR) is 57.3 cm³/mol. The molecule has 4 nitrogen and oxygen atoms in total. The van der Waals surface area contributed by atoms with Crippen molar-refractivity contribution >= 4 is 5.82 Å². The van der Waals surface area contributed by atoms with Crippen molar-refractivity contribution in [2.24, 2.45) is 7.05 Å². The first-order chi connectivity index (χ1) is 6.84. The molecule has 14 heavy (non-hydrogen) atoms. The Morgan fingerprint density at radius 3 is 3.29 bits per heavy atom. The lowest BCUT2D eigenvalue weighted by Crippen LogP contribution is -2.24. The van der Waals surface area contributed by atoms with Crippen LogP contribution in [-0.4, -0.2) is 28.9 Å². The van der Waals surface area contributed by atoms with E-state index in [-0.39, 0.29) is 0 Å². The Morgan fingerprint density at radius 1 is 1.71 bits per heavy atom. The second-order valence-electron chi connectivity index (χ2n) is 3.88. The molecule has 0 saturated carbocycles. The normalized spacial score (nSPS) is 21.4. The monoisotopic (exact) mass is 194 g/mol. The number of aryl methyl sites for hydroxylation is 1. The highest BCUT2D eigenvalue weighted by Gasteiger charge is 2.12. The number of rotatable bonds is 4. The van der Waals surface area contributed by atoms with Crippen molar-refractivity contribution in [1.82, 2.24) is 15.1 Å². The highest BCUT2D eigenvalue weighted by atomic mass is 15.3. The lowest BCUT2D eigenvalue weighted by Gasteiger charge is -2.09. The molecule has 0 aliphatic carbocycles. The lowest BCUT2D eigenvalue weighted by molar-refractivity contribution is 0.574. The molecule has 0 spiro atoms. The quantitative estimate of drug-likeness (QED) is 0.750. The molecule has 0 aromatic carbocycles. The van der Waals surface area contributed by atoms with E-state index >= 15 is 0 Å². The summed E-state index contributed by atoms with van der Waals surface area (Å²) < 4.78 is 1.82. The molecular formula is C10H18N4. The van der Waals surface area contributed by atoms with Crippen molar-refractivity contribution in [2.75, 3.05) is 18.4 Å². The maximum absolute atomic E-state index is 4.26. The maximum atomic E-state index is 4.26. The summed E-state index contributed by atoms with van der Waals surface area (Å²) >= 11 is 0. The van der Waals surface area contributed by atoms with E-state index in [0.717, 1.165) is 12.4 Å². The highest BCUT2D eigenvalue weighted by molar-refractivity contribution is 5.31. The van der Waals surface area contributed by atoms with Crippen LogP contribution in [0.4, 0.5) is 5.82 Å². The van der Waals surface area contributed by atoms with Crippen molar-refractivity contribution in [3.8, 4) is 0 Å². The fourth-order valence-electron chi connectivity index (χ4n) is 1.89. The first-order valence-corrected chi connectivity index (χ1v) is 5.31. The lowest BCUT2D eigenvalue weighted by atomic mass is 10.1. The van der Waals surface area contributed by atoms with Crippen LogP contribution >= 0.6 is 0 Å². The van der Waals surface area contributed by atoms with Gasteiger partial charge in [0.25, 0.3) is 0 Å². The fraction of sp³-hybridized carbons (Fsp3) is 0.700. The molecule has 1 unspecified atom stereocenters. The van der Waals surface area contributed by atoms with Gasteiger partial charge in [-0.15, -0.1) is 0 Å². The van der Waals surface area contributed by atoms with Gasteiger partial charge in [0.1, 0.15) is 5.82 Å². The average Bonchev–Trinajstić information content (AvgIpc) is 2.77. The Balaban J connectivity index is 1.67. The molecule has 1 saturated heterocycles. The van der Waals surface area contributed by atoms with Gasteiger partial charge in [0.2, 0.25) is 0 Å². The van der Waals surface area contributed by atoms with Gasteiger partial charge in [0.05, 0.1) is 0 Å². The van der Waals surface area contributed by atoms with Gasteiger partial charge >= 0.3 is 0 Å². The summed E-state index contributed by atoms with van der Waals surface area (Å²) in [7, 11) is 1.93. The van der Waals surface area contributed by atoms with Crippen LogP contribution in [0.15, 0.2) is 12.3 Å². The zero-order valence-electron chi connectivity index (χ0n) is 8.66. The largest absolute Gasteiger partial charge is 0.369 e. The van der Waals surface area contributed by atoms with Gasteiger partial charge in [0, 0.05) is 31.9 Å². The smallest absolute Gasteiger partial charge is 0.147 e. The molecule has 0 radical (unpaired) electrons. The van der Waals surface area contributed by atoms with Crippen LogP contribution in [-0.2, 0) is 7.05 Å². The average molecular weight is 194 g/mol. The minimum atomic E-state index is 0.714. The van der Waals surface area contributed by atoms with Crippen LogP contribution in [0.2, 0.25) is 0 Å². The molecule has 1 fully saturated rings. The maximum Gasteiger partial charge on any atom is 0.147 e. The van der Waals surface area contributed by atoms with Crippen LogP contribution < -0.4 is 10.6 Å². The van der Waals surface area contributed by atoms with E-state index in [9.17, 15) is 0 Å². The summed E-state index contributed by atoms with van der Waals surface area (Å²) in [6, 6.07) is 2.72. The fourth-order valence-corrected chi connectivity index (χ4v) is 1.89. The Morgan fingerprint density at radius 2 is 2.64 bits per heavy atom. The molecule has 1 aromatic rings. The first kappa shape index (κ1) is 9.52. The first-order valence-electron chi connectivity index (χ1n) is 5.31. The van der Waals surface area contributed by atoms with Gasteiger partial charge < -0.3 is 10.6 Å². The number of nitrogens with one attached hydrogen (secondary N) is 2. The van der Waals surface area contributed by atoms with E-state index in [2.05, 4.69) is 15.7 Å². The van der Waals surface area contributed by atoms with Crippen LogP contribution in [0.5, 0.6) is 0 Å². The second-order valence-corrected chi connectivity index (χ2v) is 3.88. The summed E-state index contributed by atoms with van der Waals surface area (Å²) in [5.74, 6) is 0.977. The van der Waals surface area contributed by atoms with Gasteiger partial charge in [-0.3, -0.25) is 4.68 Å². The number of hydrogen-bond acceptors (Lipinski definition) is 3. The number of nitrogens with zero attached hydrogens (tertiary/aromatic N) is 2. The SMILES string of the molecule is Cn1ccc(NCCC2CCCN2)n1. The van der Waals surface area contributed by atoms with E-state index in [4.69, 9.17) is 0 Å². The van der Waals surface area contributed by atoms with Gasteiger partial charge in [-0.2, -0.15) is 5.10 Å². The molecule has 1 atom stereocenters. The Labute approximate surface area is 84.7 Å². The van der Waals surface area contributed by atoms with Crippen molar-refractivity contribution in [3.05, 3.63) is 12.3 Å². The van der Waals surface area contributed by atoms with Crippen LogP contribution in [0.3, 0.4) is 0 Å². The Kier molecular flexibility index (Phi) is 3.03. The van der Waals surface area contributed by atoms with Gasteiger partial charge in [-0.1, -0.05) is 0 Å². The topological polar surface area (TPSA) is 41.9 Å². The molecule has 0 bridgehead atoms. The molecule has 2 heterocycles. The van der Waals surface area contributed by atoms with E-state index in [1.54, 1.807) is 0 Å². The third kappa shape index (κ3) is 2.48. The molecule has 2 rings (SSSR count). The summed E-state index contributed by atoms with van der Waals surface area (Å²) in [5.41, 5.74) is 0. The van der Waals surface area contributed by atoms with Gasteiger partial charge in [-0.25, -0.2) is 0 Å². The van der Waals surface area contributed by atoms with E-state index < -0.39 is 0 Å². The summed E-state index contributed by atoms with van der Waals surface area (Å²) in [4.78, 5) is 0. The summed E-state index contributed by atoms with van der Waals surface area (Å²) in [6.45, 7) is 2.20. The van der Waals surface area contributed by atoms with E-state index in [0.29, 0.717) is 6.04 Å². The number of anilines is 1. The van der Waals surface area contributed by atoms with Crippen molar-refractivity contribution < 1.29 is 0 Å². The van der Waals surface area contributed by atoms with Crippen molar-refractivity contribution in [1.29, 1.82) is 0 Å². The van der Waals surface area contributed by atoms with Crippen LogP contribution in [0.1, 0.15) is 19.3 Å². The van der Waals surface area contributed by atoms with Crippen LogP contribution in [0, 0.1) is 0 Å². The zero-order chi connectivity index (χ0) is 9.80. The van der Waals surface area contributed by atoms with E-state index in [1.807, 2.05) is 24.0 Å². The molecule has 78 valence electrons. The minimum Gasteiger partial charge on any atom is -0.369 e. The Hall–Kier alpha value is -1.03. The molecule has 4 heteroatoms. The summed E-state index contributed by atoms with van der Waals surface area (Å²) in [5, 5.41) is 11.1. The molecule has 2 N–H and O–H groups in total. The number of aromatic nitrogens is 2. The second kappa shape index (κ2) is 4.46. The van der Waals surface area contributed by atoms with E-state index in [1.165, 1.54) is 25.8 Å². The highest BCUT2D eigenvalue weighted by Crippen LogP contribution is 2.09. The van der Waals surface area contributed by atoms with Crippen LogP contribution in [0.25, 0.3) is 0 Å². The molecule has 0 amide bonds. The molecule has 1 aliphatic heterocycles. The standard InChI is InChI=1S/C10H18N4/c1-14-8-5-10(13-14)12-7-4-9-3-2-6-11-9/h5,8-9,11H,2-4,6-7H2,1H3,(H,12,13). The molecular weight excluding hydrogens is 176 g/mol. The van der Waals surface area contributed by atoms with Crippen molar-refractivity contribution in [2.45, 2.75) is 25.3 Å². The zero-order valence-corrected chi connectivity index (χ0v) is 8.66. The number of hydrogen-bond donors (Lipinski definition) is 2. The van der Waals surface area contributed by atoms with Gasteiger partial charge in [0.15, 0.2) is 0 Å².